The van der Waals surface area contributed by atoms with Crippen LogP contribution in [-0.2, 0) is 14.3 Å². The van der Waals surface area contributed by atoms with Gasteiger partial charge in [0.15, 0.2) is 0 Å². The van der Waals surface area contributed by atoms with Gasteiger partial charge >= 0.3 is 5.97 Å². The molecule has 4 unspecified atom stereocenters. The molecule has 94 valence electrons. The van der Waals surface area contributed by atoms with Gasteiger partial charge in [0.2, 0.25) is 0 Å². The smallest absolute Gasteiger partial charge is 0.309 e. The highest BCUT2D eigenvalue weighted by Crippen LogP contribution is 2.38. The van der Waals surface area contributed by atoms with E-state index in [1.54, 1.807) is 0 Å². The van der Waals surface area contributed by atoms with E-state index >= 15 is 0 Å². The van der Waals surface area contributed by atoms with Crippen LogP contribution < -0.4 is 0 Å². The van der Waals surface area contributed by atoms with Crippen LogP contribution in [0.25, 0.3) is 0 Å². The van der Waals surface area contributed by atoms with Crippen molar-refractivity contribution in [2.75, 3.05) is 0 Å². The number of hydrogen-bond donors (Lipinski definition) is 0. The first kappa shape index (κ1) is 11.3. The monoisotopic (exact) mass is 236 g/mol. The lowest BCUT2D eigenvalue weighted by Gasteiger charge is -2.23. The molecule has 2 aliphatic heterocycles. The lowest BCUT2D eigenvalue weighted by Crippen LogP contribution is -2.30. The standard InChI is InChI=1S/C14H20O3/c1-9(12-8-11-6-7-13(12)16-11)14(15)17-10-4-2-3-5-10/h6-7,9-13H,2-5,8H2,1H3. The minimum Gasteiger partial charge on any atom is -0.462 e. The van der Waals surface area contributed by atoms with Crippen molar-refractivity contribution in [1.82, 2.24) is 0 Å². The third-order valence-corrected chi connectivity index (χ3v) is 4.37. The van der Waals surface area contributed by atoms with Gasteiger partial charge in [-0.25, -0.2) is 0 Å². The molecule has 3 nitrogen and oxygen atoms in total. The van der Waals surface area contributed by atoms with Gasteiger partial charge in [-0.05, 0) is 32.1 Å². The predicted molar refractivity (Wildman–Crippen MR) is 63.4 cm³/mol. The molecule has 2 bridgehead atoms. The molecule has 0 radical (unpaired) electrons. The molecule has 0 aromatic carbocycles. The van der Waals surface area contributed by atoms with Crippen molar-refractivity contribution in [1.29, 1.82) is 0 Å². The first-order chi connectivity index (χ1) is 8.24. The molecular weight excluding hydrogens is 216 g/mol. The van der Waals surface area contributed by atoms with Crippen LogP contribution in [0.5, 0.6) is 0 Å². The summed E-state index contributed by atoms with van der Waals surface area (Å²) in [4.78, 5) is 12.1. The summed E-state index contributed by atoms with van der Waals surface area (Å²) < 4.78 is 11.3. The molecule has 2 fully saturated rings. The van der Waals surface area contributed by atoms with E-state index in [0.29, 0.717) is 5.92 Å². The fourth-order valence-electron chi connectivity index (χ4n) is 3.25. The number of fused-ring (bicyclic) bond motifs is 2. The topological polar surface area (TPSA) is 35.5 Å². The highest BCUT2D eigenvalue weighted by atomic mass is 16.5. The molecular formula is C14H20O3. The fraction of sp³-hybridized carbons (Fsp3) is 0.786. The summed E-state index contributed by atoms with van der Waals surface area (Å²) in [5, 5.41) is 0. The summed E-state index contributed by atoms with van der Waals surface area (Å²) in [6.45, 7) is 1.99. The van der Waals surface area contributed by atoms with Crippen LogP contribution in [0.1, 0.15) is 39.0 Å². The van der Waals surface area contributed by atoms with Gasteiger partial charge in [-0.15, -0.1) is 0 Å². The van der Waals surface area contributed by atoms with Gasteiger partial charge in [-0.3, -0.25) is 4.79 Å². The Labute approximate surface area is 102 Å². The molecule has 3 heteroatoms. The fourth-order valence-corrected chi connectivity index (χ4v) is 3.25. The maximum atomic E-state index is 12.1. The first-order valence-corrected chi connectivity index (χ1v) is 6.78. The highest BCUT2D eigenvalue weighted by Gasteiger charge is 2.42. The quantitative estimate of drug-likeness (QED) is 0.557. The maximum absolute atomic E-state index is 12.1. The Morgan fingerprint density at radius 1 is 1.35 bits per heavy atom. The van der Waals surface area contributed by atoms with Crippen LogP contribution in [0, 0.1) is 11.8 Å². The van der Waals surface area contributed by atoms with Crippen LogP contribution >= 0.6 is 0 Å². The van der Waals surface area contributed by atoms with E-state index in [9.17, 15) is 4.79 Å². The molecule has 0 amide bonds. The summed E-state index contributed by atoms with van der Waals surface area (Å²) >= 11 is 0. The Hall–Kier alpha value is -0.830. The molecule has 1 aliphatic carbocycles. The van der Waals surface area contributed by atoms with E-state index in [4.69, 9.17) is 9.47 Å². The van der Waals surface area contributed by atoms with Crippen molar-refractivity contribution in [3.8, 4) is 0 Å². The van der Waals surface area contributed by atoms with Crippen LogP contribution in [0.4, 0.5) is 0 Å². The van der Waals surface area contributed by atoms with E-state index in [0.717, 1.165) is 19.3 Å². The molecule has 4 atom stereocenters. The zero-order chi connectivity index (χ0) is 11.8. The van der Waals surface area contributed by atoms with E-state index in [1.807, 2.05) is 6.92 Å². The molecule has 1 saturated carbocycles. The Kier molecular flexibility index (Phi) is 2.95. The van der Waals surface area contributed by atoms with Crippen LogP contribution in [0.15, 0.2) is 12.2 Å². The lowest BCUT2D eigenvalue weighted by molar-refractivity contribution is -0.155. The molecule has 0 spiro atoms. The Morgan fingerprint density at radius 3 is 2.71 bits per heavy atom. The summed E-state index contributed by atoms with van der Waals surface area (Å²) in [6.07, 6.45) is 10.2. The second-order valence-electron chi connectivity index (χ2n) is 5.56. The average Bonchev–Trinajstić information content (AvgIpc) is 3.04. The van der Waals surface area contributed by atoms with Crippen molar-refractivity contribution in [3.63, 3.8) is 0 Å². The molecule has 2 heterocycles. The largest absolute Gasteiger partial charge is 0.462 e. The molecule has 17 heavy (non-hydrogen) atoms. The minimum atomic E-state index is -0.0319. The second-order valence-corrected chi connectivity index (χ2v) is 5.56. The third kappa shape index (κ3) is 2.13. The van der Waals surface area contributed by atoms with Gasteiger partial charge in [-0.1, -0.05) is 19.1 Å². The van der Waals surface area contributed by atoms with Crippen molar-refractivity contribution in [3.05, 3.63) is 12.2 Å². The Morgan fingerprint density at radius 2 is 2.12 bits per heavy atom. The molecule has 0 N–H and O–H groups in total. The maximum Gasteiger partial charge on any atom is 0.309 e. The minimum absolute atomic E-state index is 0.0218. The van der Waals surface area contributed by atoms with Gasteiger partial charge in [0, 0.05) is 5.92 Å². The van der Waals surface area contributed by atoms with E-state index in [1.165, 1.54) is 12.8 Å². The summed E-state index contributed by atoms with van der Waals surface area (Å²) in [5.74, 6) is 0.265. The van der Waals surface area contributed by atoms with Crippen molar-refractivity contribution >= 4 is 5.97 Å². The van der Waals surface area contributed by atoms with Gasteiger partial charge in [0.25, 0.3) is 0 Å². The Balaban J connectivity index is 1.56. The first-order valence-electron chi connectivity index (χ1n) is 6.78. The summed E-state index contributed by atoms with van der Waals surface area (Å²) in [5.41, 5.74) is 0. The Bertz CT molecular complexity index is 330. The normalized spacial score (nSPS) is 37.6. The number of esters is 1. The van der Waals surface area contributed by atoms with E-state index < -0.39 is 0 Å². The summed E-state index contributed by atoms with van der Waals surface area (Å²) in [7, 11) is 0. The SMILES string of the molecule is CC(C(=O)OC1CCCC1)C1CC2C=CC1O2. The van der Waals surface area contributed by atoms with E-state index in [-0.39, 0.29) is 30.2 Å². The second kappa shape index (κ2) is 4.45. The molecule has 3 rings (SSSR count). The highest BCUT2D eigenvalue weighted by molar-refractivity contribution is 5.73. The zero-order valence-electron chi connectivity index (χ0n) is 10.3. The molecule has 0 aromatic rings. The van der Waals surface area contributed by atoms with Gasteiger partial charge in [0.1, 0.15) is 6.10 Å². The van der Waals surface area contributed by atoms with Crippen molar-refractivity contribution < 1.29 is 14.3 Å². The number of rotatable bonds is 3. The van der Waals surface area contributed by atoms with E-state index in [2.05, 4.69) is 12.2 Å². The van der Waals surface area contributed by atoms with Gasteiger partial charge in [-0.2, -0.15) is 0 Å². The lowest BCUT2D eigenvalue weighted by atomic mass is 9.84. The van der Waals surface area contributed by atoms with Crippen LogP contribution in [0.3, 0.4) is 0 Å². The summed E-state index contributed by atoms with van der Waals surface area (Å²) in [6, 6.07) is 0. The predicted octanol–water partition coefficient (Wildman–Crippen LogP) is 2.45. The number of hydrogen-bond acceptors (Lipinski definition) is 3. The molecule has 0 aromatic heterocycles. The van der Waals surface area contributed by atoms with Crippen molar-refractivity contribution in [2.24, 2.45) is 11.8 Å². The van der Waals surface area contributed by atoms with Crippen molar-refractivity contribution in [2.45, 2.75) is 57.3 Å². The van der Waals surface area contributed by atoms with Gasteiger partial charge < -0.3 is 9.47 Å². The average molecular weight is 236 g/mol. The number of carbonyl (C=O) groups excluding carboxylic acids is 1. The third-order valence-electron chi connectivity index (χ3n) is 4.37. The van der Waals surface area contributed by atoms with Gasteiger partial charge in [0.05, 0.1) is 18.1 Å². The van der Waals surface area contributed by atoms with Crippen LogP contribution in [-0.4, -0.2) is 24.3 Å². The number of ether oxygens (including phenoxy) is 2. The van der Waals surface area contributed by atoms with Crippen LogP contribution in [0.2, 0.25) is 0 Å². The zero-order valence-corrected chi connectivity index (χ0v) is 10.3. The number of carbonyl (C=O) groups is 1. The molecule has 1 saturated heterocycles. The molecule has 3 aliphatic rings.